The maximum Gasteiger partial charge on any atom is 0.254 e. The van der Waals surface area contributed by atoms with Crippen LogP contribution in [0.25, 0.3) is 0 Å². The number of nitrogen functional groups attached to an aromatic ring is 1. The molecule has 0 spiro atoms. The lowest BCUT2D eigenvalue weighted by molar-refractivity contribution is -0.122. The molecule has 1 aromatic heterocycles. The molecule has 0 aromatic carbocycles. The number of carbonyl (C=O) groups is 2. The number of nitrogens with two attached hydrogens (primary N) is 1. The predicted molar refractivity (Wildman–Crippen MR) is 73.4 cm³/mol. The maximum absolute atomic E-state index is 11.9. The first-order valence-electron chi connectivity index (χ1n) is 6.20. The summed E-state index contributed by atoms with van der Waals surface area (Å²) < 4.78 is 0. The van der Waals surface area contributed by atoms with Crippen molar-refractivity contribution < 1.29 is 9.59 Å². The van der Waals surface area contributed by atoms with E-state index >= 15 is 0 Å². The summed E-state index contributed by atoms with van der Waals surface area (Å²) in [6.07, 6.45) is 2.88. The van der Waals surface area contributed by atoms with Crippen molar-refractivity contribution in [2.75, 3.05) is 12.3 Å². The minimum Gasteiger partial charge on any atom is -0.397 e. The zero-order valence-electron chi connectivity index (χ0n) is 11.4. The maximum atomic E-state index is 11.9. The standard InChI is InChI=1S/C13H20N4O2/c1-8(2)6-16-12(18)9(3)17-13(19)10-4-5-15-7-11(10)14/h4-5,7-9H,6,14H2,1-3H3,(H,16,18)(H,17,19). The monoisotopic (exact) mass is 264 g/mol. The molecule has 0 saturated heterocycles. The normalized spacial score (nSPS) is 12.0. The summed E-state index contributed by atoms with van der Waals surface area (Å²) in [6, 6.07) is 0.905. The Hall–Kier alpha value is -2.11. The van der Waals surface area contributed by atoms with Crippen molar-refractivity contribution in [3.8, 4) is 0 Å². The molecule has 6 heteroatoms. The fourth-order valence-electron chi connectivity index (χ4n) is 1.41. The highest BCUT2D eigenvalue weighted by Gasteiger charge is 2.17. The number of carbonyl (C=O) groups excluding carboxylic acids is 2. The van der Waals surface area contributed by atoms with Gasteiger partial charge in [0, 0.05) is 12.7 Å². The van der Waals surface area contributed by atoms with Gasteiger partial charge in [0.05, 0.1) is 17.4 Å². The fourth-order valence-corrected chi connectivity index (χ4v) is 1.41. The summed E-state index contributed by atoms with van der Waals surface area (Å²) in [5.74, 6) is -0.232. The molecule has 0 aliphatic carbocycles. The molecule has 0 saturated carbocycles. The van der Waals surface area contributed by atoms with E-state index in [0.29, 0.717) is 18.0 Å². The number of hydrogen-bond acceptors (Lipinski definition) is 4. The van der Waals surface area contributed by atoms with Crippen LogP contribution in [0.2, 0.25) is 0 Å². The summed E-state index contributed by atoms with van der Waals surface area (Å²) in [5.41, 5.74) is 6.25. The lowest BCUT2D eigenvalue weighted by Gasteiger charge is -2.15. The van der Waals surface area contributed by atoms with Crippen LogP contribution in [0, 0.1) is 5.92 Å². The van der Waals surface area contributed by atoms with Crippen LogP contribution in [-0.2, 0) is 4.79 Å². The highest BCUT2D eigenvalue weighted by atomic mass is 16.2. The van der Waals surface area contributed by atoms with E-state index in [-0.39, 0.29) is 17.5 Å². The molecular weight excluding hydrogens is 244 g/mol. The minimum absolute atomic E-state index is 0.213. The van der Waals surface area contributed by atoms with Crippen LogP contribution in [0.5, 0.6) is 0 Å². The van der Waals surface area contributed by atoms with Gasteiger partial charge in [0.2, 0.25) is 5.91 Å². The van der Waals surface area contributed by atoms with Crippen molar-refractivity contribution in [2.45, 2.75) is 26.8 Å². The number of aromatic nitrogens is 1. The smallest absolute Gasteiger partial charge is 0.254 e. The molecule has 0 aliphatic rings. The van der Waals surface area contributed by atoms with Gasteiger partial charge in [0.1, 0.15) is 6.04 Å². The number of nitrogens with zero attached hydrogens (tertiary/aromatic N) is 1. The van der Waals surface area contributed by atoms with Crippen LogP contribution in [0.15, 0.2) is 18.5 Å². The van der Waals surface area contributed by atoms with Gasteiger partial charge < -0.3 is 16.4 Å². The Morgan fingerprint density at radius 2 is 2.05 bits per heavy atom. The van der Waals surface area contributed by atoms with E-state index in [9.17, 15) is 9.59 Å². The Morgan fingerprint density at radius 3 is 2.63 bits per heavy atom. The second-order valence-electron chi connectivity index (χ2n) is 4.80. The molecular formula is C13H20N4O2. The van der Waals surface area contributed by atoms with E-state index in [1.54, 1.807) is 6.92 Å². The van der Waals surface area contributed by atoms with E-state index in [4.69, 9.17) is 5.73 Å². The topological polar surface area (TPSA) is 97.1 Å². The third-order valence-corrected chi connectivity index (χ3v) is 2.52. The van der Waals surface area contributed by atoms with Gasteiger partial charge in [-0.3, -0.25) is 14.6 Å². The number of rotatable bonds is 5. The summed E-state index contributed by atoms with van der Waals surface area (Å²) in [5, 5.41) is 5.36. The summed E-state index contributed by atoms with van der Waals surface area (Å²) in [6.45, 7) is 6.21. The summed E-state index contributed by atoms with van der Waals surface area (Å²) in [7, 11) is 0. The molecule has 0 fully saturated rings. The van der Waals surface area contributed by atoms with Crippen molar-refractivity contribution in [1.82, 2.24) is 15.6 Å². The lowest BCUT2D eigenvalue weighted by Crippen LogP contribution is -2.45. The highest BCUT2D eigenvalue weighted by Crippen LogP contribution is 2.08. The molecule has 1 rings (SSSR count). The molecule has 6 nitrogen and oxygen atoms in total. The molecule has 4 N–H and O–H groups in total. The first-order chi connectivity index (χ1) is 8.91. The second-order valence-corrected chi connectivity index (χ2v) is 4.80. The Kier molecular flexibility index (Phi) is 5.29. The number of pyridine rings is 1. The first kappa shape index (κ1) is 14.9. The van der Waals surface area contributed by atoms with Crippen LogP contribution in [0.4, 0.5) is 5.69 Å². The Morgan fingerprint density at radius 1 is 1.37 bits per heavy atom. The van der Waals surface area contributed by atoms with Crippen LogP contribution in [0.1, 0.15) is 31.1 Å². The van der Waals surface area contributed by atoms with Crippen LogP contribution >= 0.6 is 0 Å². The Bertz CT molecular complexity index is 460. The quantitative estimate of drug-likeness (QED) is 0.723. The van der Waals surface area contributed by atoms with Crippen LogP contribution in [-0.4, -0.2) is 29.4 Å². The van der Waals surface area contributed by atoms with Crippen molar-refractivity contribution in [3.05, 3.63) is 24.0 Å². The molecule has 1 aromatic rings. The summed E-state index contributed by atoms with van der Waals surface area (Å²) >= 11 is 0. The van der Waals surface area contributed by atoms with E-state index in [0.717, 1.165) is 0 Å². The van der Waals surface area contributed by atoms with Crippen molar-refractivity contribution >= 4 is 17.5 Å². The average molecular weight is 264 g/mol. The predicted octanol–water partition coefficient (Wildman–Crippen LogP) is 0.554. The van der Waals surface area contributed by atoms with Crippen molar-refractivity contribution in [1.29, 1.82) is 0 Å². The minimum atomic E-state index is -0.612. The molecule has 104 valence electrons. The SMILES string of the molecule is CC(C)CNC(=O)C(C)NC(=O)c1ccncc1N. The Labute approximate surface area is 112 Å². The van der Waals surface area contributed by atoms with Crippen LogP contribution < -0.4 is 16.4 Å². The second kappa shape index (κ2) is 6.72. The van der Waals surface area contributed by atoms with Crippen molar-refractivity contribution in [2.24, 2.45) is 5.92 Å². The fraction of sp³-hybridized carbons (Fsp3) is 0.462. The number of nitrogens with one attached hydrogen (secondary N) is 2. The molecule has 19 heavy (non-hydrogen) atoms. The van der Waals surface area contributed by atoms with Crippen LogP contribution in [0.3, 0.4) is 0 Å². The van der Waals surface area contributed by atoms with Gasteiger partial charge in [-0.25, -0.2) is 0 Å². The number of amides is 2. The van der Waals surface area contributed by atoms with Gasteiger partial charge in [0.15, 0.2) is 0 Å². The van der Waals surface area contributed by atoms with E-state index in [2.05, 4.69) is 15.6 Å². The number of hydrogen-bond donors (Lipinski definition) is 3. The highest BCUT2D eigenvalue weighted by molar-refractivity contribution is 6.01. The molecule has 1 heterocycles. The van der Waals surface area contributed by atoms with E-state index < -0.39 is 6.04 Å². The van der Waals surface area contributed by atoms with Gasteiger partial charge in [0.25, 0.3) is 5.91 Å². The number of anilines is 1. The van der Waals surface area contributed by atoms with Gasteiger partial charge >= 0.3 is 0 Å². The Balaban J connectivity index is 2.57. The first-order valence-corrected chi connectivity index (χ1v) is 6.20. The van der Waals surface area contributed by atoms with Gasteiger partial charge in [-0.15, -0.1) is 0 Å². The van der Waals surface area contributed by atoms with Crippen molar-refractivity contribution in [3.63, 3.8) is 0 Å². The lowest BCUT2D eigenvalue weighted by atomic mass is 10.2. The van der Waals surface area contributed by atoms with Gasteiger partial charge in [-0.2, -0.15) is 0 Å². The average Bonchev–Trinajstić information content (AvgIpc) is 2.36. The largest absolute Gasteiger partial charge is 0.397 e. The third-order valence-electron chi connectivity index (χ3n) is 2.52. The van der Waals surface area contributed by atoms with Gasteiger partial charge in [-0.1, -0.05) is 13.8 Å². The molecule has 1 unspecified atom stereocenters. The zero-order valence-corrected chi connectivity index (χ0v) is 11.4. The molecule has 1 atom stereocenters. The summed E-state index contributed by atoms with van der Waals surface area (Å²) in [4.78, 5) is 27.5. The molecule has 0 radical (unpaired) electrons. The molecule has 0 aliphatic heterocycles. The molecule has 0 bridgehead atoms. The van der Waals surface area contributed by atoms with E-state index in [1.807, 2.05) is 13.8 Å². The third kappa shape index (κ3) is 4.57. The van der Waals surface area contributed by atoms with E-state index in [1.165, 1.54) is 18.5 Å². The zero-order chi connectivity index (χ0) is 14.4. The molecule has 2 amide bonds. The van der Waals surface area contributed by atoms with Gasteiger partial charge in [-0.05, 0) is 18.9 Å².